The molecule has 0 saturated carbocycles. The molecule has 5 nitrogen and oxygen atoms in total. The normalized spacial score (nSPS) is 19.6. The predicted octanol–water partition coefficient (Wildman–Crippen LogP) is 2.27. The fraction of sp³-hybridized carbons (Fsp3) is 0.929. The fourth-order valence-electron chi connectivity index (χ4n) is 1.93. The van der Waals surface area contributed by atoms with E-state index in [1.54, 1.807) is 20.8 Å². The average Bonchev–Trinajstić information content (AvgIpc) is 2.87. The van der Waals surface area contributed by atoms with Gasteiger partial charge in [-0.05, 0) is 46.3 Å². The van der Waals surface area contributed by atoms with Gasteiger partial charge in [0.25, 0.3) is 0 Å². The molecule has 0 aliphatic carbocycles. The first-order valence-corrected chi connectivity index (χ1v) is 10.3. The minimum atomic E-state index is -3.09. The van der Waals surface area contributed by atoms with Crippen LogP contribution in [0.25, 0.3) is 0 Å². The molecular weight excluding hydrogens is 433 g/mol. The van der Waals surface area contributed by atoms with Crippen LogP contribution in [-0.2, 0) is 9.84 Å². The van der Waals surface area contributed by atoms with E-state index >= 15 is 0 Å². The molecule has 1 aliphatic rings. The number of hydrogen-bond acceptors (Lipinski definition) is 4. The molecule has 1 heterocycles. The number of nitrogens with zero attached hydrogens (tertiary/aromatic N) is 1. The molecule has 1 unspecified atom stereocenters. The Labute approximate surface area is 156 Å². The molecule has 0 aromatic rings. The molecule has 8 heteroatoms. The smallest absolute Gasteiger partial charge is 0.191 e. The van der Waals surface area contributed by atoms with Crippen LogP contribution in [0.2, 0.25) is 0 Å². The van der Waals surface area contributed by atoms with Crippen molar-refractivity contribution >= 4 is 51.5 Å². The largest absolute Gasteiger partial charge is 0.357 e. The van der Waals surface area contributed by atoms with E-state index in [9.17, 15) is 8.42 Å². The highest BCUT2D eigenvalue weighted by atomic mass is 127. The van der Waals surface area contributed by atoms with Crippen molar-refractivity contribution in [2.24, 2.45) is 4.99 Å². The second kappa shape index (κ2) is 10.2. The summed E-state index contributed by atoms with van der Waals surface area (Å²) in [4.78, 5) is 4.56. The van der Waals surface area contributed by atoms with Gasteiger partial charge in [0.1, 0.15) is 0 Å². The van der Waals surface area contributed by atoms with Crippen LogP contribution in [-0.4, -0.2) is 55.5 Å². The second-order valence-corrected chi connectivity index (χ2v) is 10.5. The maximum Gasteiger partial charge on any atom is 0.191 e. The van der Waals surface area contributed by atoms with Gasteiger partial charge in [-0.15, -0.1) is 24.0 Å². The first kappa shape index (κ1) is 22.3. The van der Waals surface area contributed by atoms with Crippen molar-refractivity contribution in [3.05, 3.63) is 0 Å². The SMILES string of the molecule is CCNC(=NCC1CCCS1)NCCS(=O)(=O)C(C)(C)C.I. The molecule has 1 atom stereocenters. The van der Waals surface area contributed by atoms with Crippen LogP contribution < -0.4 is 10.6 Å². The van der Waals surface area contributed by atoms with E-state index in [0.29, 0.717) is 17.8 Å². The summed E-state index contributed by atoms with van der Waals surface area (Å²) >= 11 is 1.98. The molecule has 0 aromatic carbocycles. The van der Waals surface area contributed by atoms with Crippen molar-refractivity contribution in [2.45, 2.75) is 50.5 Å². The van der Waals surface area contributed by atoms with Crippen molar-refractivity contribution in [1.29, 1.82) is 0 Å². The van der Waals surface area contributed by atoms with Gasteiger partial charge in [0.05, 0.1) is 17.0 Å². The van der Waals surface area contributed by atoms with Gasteiger partial charge in [-0.1, -0.05) is 0 Å². The first-order valence-electron chi connectivity index (χ1n) is 7.62. The van der Waals surface area contributed by atoms with Gasteiger partial charge >= 0.3 is 0 Å². The van der Waals surface area contributed by atoms with Crippen LogP contribution in [0.1, 0.15) is 40.5 Å². The predicted molar refractivity (Wildman–Crippen MR) is 108 cm³/mol. The molecule has 1 saturated heterocycles. The van der Waals surface area contributed by atoms with Gasteiger partial charge in [0.2, 0.25) is 0 Å². The second-order valence-electron chi connectivity index (χ2n) is 6.21. The monoisotopic (exact) mass is 463 g/mol. The summed E-state index contributed by atoms with van der Waals surface area (Å²) in [5.41, 5.74) is 0. The Morgan fingerprint density at radius 3 is 2.50 bits per heavy atom. The van der Waals surface area contributed by atoms with Crippen LogP contribution in [0, 0.1) is 0 Å². The first-order chi connectivity index (χ1) is 9.76. The Bertz CT molecular complexity index is 441. The summed E-state index contributed by atoms with van der Waals surface area (Å²) in [6, 6.07) is 0. The van der Waals surface area contributed by atoms with Gasteiger partial charge < -0.3 is 10.6 Å². The Morgan fingerprint density at radius 1 is 1.32 bits per heavy atom. The molecule has 0 bridgehead atoms. The molecule has 1 fully saturated rings. The fourth-order valence-corrected chi connectivity index (χ4v) is 4.10. The Hall–Kier alpha value is 0.300. The molecular formula is C14H30IN3O2S2. The quantitative estimate of drug-likeness (QED) is 0.359. The molecule has 132 valence electrons. The molecule has 22 heavy (non-hydrogen) atoms. The topological polar surface area (TPSA) is 70.6 Å². The number of rotatable bonds is 6. The Kier molecular flexibility index (Phi) is 10.4. The summed E-state index contributed by atoms with van der Waals surface area (Å²) in [7, 11) is -3.09. The minimum absolute atomic E-state index is 0. The average molecular weight is 463 g/mol. The minimum Gasteiger partial charge on any atom is -0.357 e. The lowest BCUT2D eigenvalue weighted by Gasteiger charge is -2.20. The highest BCUT2D eigenvalue weighted by Gasteiger charge is 2.28. The zero-order valence-electron chi connectivity index (χ0n) is 14.0. The van der Waals surface area contributed by atoms with Gasteiger partial charge in [0, 0.05) is 18.3 Å². The van der Waals surface area contributed by atoms with Crippen molar-refractivity contribution in [2.75, 3.05) is 31.1 Å². The van der Waals surface area contributed by atoms with Crippen molar-refractivity contribution in [3.8, 4) is 0 Å². The standard InChI is InChI=1S/C14H29N3O2S2.HI/c1-5-15-13(17-11-12-7-6-9-20-12)16-8-10-21(18,19)14(2,3)4;/h12H,5-11H2,1-4H3,(H2,15,16,17);1H. The van der Waals surface area contributed by atoms with Gasteiger partial charge in [0.15, 0.2) is 15.8 Å². The zero-order valence-corrected chi connectivity index (χ0v) is 18.0. The molecule has 2 N–H and O–H groups in total. The summed E-state index contributed by atoms with van der Waals surface area (Å²) in [5, 5.41) is 6.90. The number of hydrogen-bond donors (Lipinski definition) is 2. The summed E-state index contributed by atoms with van der Waals surface area (Å²) in [6.45, 7) is 9.18. The van der Waals surface area contributed by atoms with Crippen LogP contribution in [0.3, 0.4) is 0 Å². The number of aliphatic imine (C=N–C) groups is 1. The number of guanidine groups is 1. The number of thioether (sulfide) groups is 1. The van der Waals surface area contributed by atoms with Crippen LogP contribution >= 0.6 is 35.7 Å². The van der Waals surface area contributed by atoms with Gasteiger partial charge in [-0.2, -0.15) is 11.8 Å². The third-order valence-electron chi connectivity index (χ3n) is 3.42. The summed E-state index contributed by atoms with van der Waals surface area (Å²) < 4.78 is 23.4. The van der Waals surface area contributed by atoms with Gasteiger partial charge in [-0.25, -0.2) is 8.42 Å². The van der Waals surface area contributed by atoms with Crippen molar-refractivity contribution < 1.29 is 8.42 Å². The maximum atomic E-state index is 12.1. The molecule has 0 amide bonds. The van der Waals surface area contributed by atoms with Crippen LogP contribution in [0.15, 0.2) is 4.99 Å². The van der Waals surface area contributed by atoms with E-state index in [2.05, 4.69) is 15.6 Å². The van der Waals surface area contributed by atoms with E-state index in [0.717, 1.165) is 13.1 Å². The zero-order chi connectivity index (χ0) is 15.9. The third kappa shape index (κ3) is 7.72. The lowest BCUT2D eigenvalue weighted by Crippen LogP contribution is -2.42. The van der Waals surface area contributed by atoms with E-state index in [1.807, 2.05) is 18.7 Å². The van der Waals surface area contributed by atoms with Crippen LogP contribution in [0.4, 0.5) is 0 Å². The Balaban J connectivity index is 0.00000441. The number of halogens is 1. The van der Waals surface area contributed by atoms with E-state index < -0.39 is 14.6 Å². The van der Waals surface area contributed by atoms with Crippen molar-refractivity contribution in [1.82, 2.24) is 10.6 Å². The highest BCUT2D eigenvalue weighted by molar-refractivity contribution is 14.0. The highest BCUT2D eigenvalue weighted by Crippen LogP contribution is 2.25. The lowest BCUT2D eigenvalue weighted by atomic mass is 10.2. The molecule has 0 radical (unpaired) electrons. The van der Waals surface area contributed by atoms with E-state index in [-0.39, 0.29) is 29.7 Å². The number of nitrogens with one attached hydrogen (secondary N) is 2. The maximum absolute atomic E-state index is 12.1. The van der Waals surface area contributed by atoms with Crippen molar-refractivity contribution in [3.63, 3.8) is 0 Å². The molecule has 0 aromatic heterocycles. The molecule has 1 aliphatic heterocycles. The number of sulfone groups is 1. The summed E-state index contributed by atoms with van der Waals surface area (Å²) in [6.07, 6.45) is 2.50. The molecule has 1 rings (SSSR count). The van der Waals surface area contributed by atoms with Crippen LogP contribution in [0.5, 0.6) is 0 Å². The molecule has 0 spiro atoms. The third-order valence-corrected chi connectivity index (χ3v) is 7.41. The Morgan fingerprint density at radius 2 is 2.00 bits per heavy atom. The lowest BCUT2D eigenvalue weighted by molar-refractivity contribution is 0.559. The van der Waals surface area contributed by atoms with E-state index in [1.165, 1.54) is 18.6 Å². The van der Waals surface area contributed by atoms with Gasteiger partial charge in [-0.3, -0.25) is 4.99 Å². The summed E-state index contributed by atoms with van der Waals surface area (Å²) in [5.74, 6) is 2.07. The van der Waals surface area contributed by atoms with E-state index in [4.69, 9.17) is 0 Å².